The second-order valence-electron chi connectivity index (χ2n) is 4.78. The summed E-state index contributed by atoms with van der Waals surface area (Å²) in [6.45, 7) is 10.6. The normalized spacial score (nSPS) is 14.1. The van der Waals surface area contributed by atoms with Crippen molar-refractivity contribution in [2.45, 2.75) is 13.3 Å². The minimum absolute atomic E-state index is 0.0718. The van der Waals surface area contributed by atoms with Crippen LogP contribution in [0.1, 0.15) is 13.3 Å². The summed E-state index contributed by atoms with van der Waals surface area (Å²) in [5.74, 6) is 0. The van der Waals surface area contributed by atoms with Crippen molar-refractivity contribution in [3.63, 3.8) is 0 Å². The second-order valence-corrected chi connectivity index (χ2v) is 6.52. The molecule has 7 nitrogen and oxygen atoms in total. The van der Waals surface area contributed by atoms with Crippen LogP contribution >= 0.6 is 7.60 Å². The Kier molecular flexibility index (Phi) is 11.1. The van der Waals surface area contributed by atoms with Gasteiger partial charge in [-0.2, -0.15) is 0 Å². The number of carbonyl (C=O) groups is 1. The van der Waals surface area contributed by atoms with Crippen LogP contribution in [0.5, 0.6) is 0 Å². The maximum Gasteiger partial charge on any atom is 0.404 e. The molecular formula is C14H25O7P. The summed E-state index contributed by atoms with van der Waals surface area (Å²) >= 11 is 0. The minimum Gasteiger partial charge on any atom is -0.393 e. The summed E-state index contributed by atoms with van der Waals surface area (Å²) in [7, 11) is -4.06. The molecule has 0 heterocycles. The first kappa shape index (κ1) is 21.0. The monoisotopic (exact) mass is 336 g/mol. The Balaban J connectivity index is 4.59. The molecule has 0 rings (SSSR count). The van der Waals surface area contributed by atoms with Crippen molar-refractivity contribution >= 4 is 14.1 Å². The Morgan fingerprint density at radius 3 is 2.00 bits per heavy atom. The van der Waals surface area contributed by atoms with Gasteiger partial charge in [0.1, 0.15) is 0 Å². The van der Waals surface area contributed by atoms with Crippen LogP contribution in [0.4, 0.5) is 0 Å². The summed E-state index contributed by atoms with van der Waals surface area (Å²) in [6, 6.07) is 0. The predicted molar refractivity (Wildman–Crippen MR) is 82.5 cm³/mol. The largest absolute Gasteiger partial charge is 0.404 e. The van der Waals surface area contributed by atoms with E-state index in [9.17, 15) is 14.3 Å². The summed E-state index contributed by atoms with van der Waals surface area (Å²) in [6.07, 6.45) is 3.36. The quantitative estimate of drug-likeness (QED) is 0.212. The molecule has 8 heteroatoms. The van der Waals surface area contributed by atoms with Crippen molar-refractivity contribution in [1.29, 1.82) is 0 Å². The molecule has 1 atom stereocenters. The van der Waals surface area contributed by atoms with E-state index in [1.54, 1.807) is 12.2 Å². The summed E-state index contributed by atoms with van der Waals surface area (Å²) in [5.41, 5.74) is -0.479. The molecule has 0 spiro atoms. The van der Waals surface area contributed by atoms with Crippen molar-refractivity contribution in [3.8, 4) is 0 Å². The van der Waals surface area contributed by atoms with Gasteiger partial charge in [-0.1, -0.05) is 19.1 Å². The third-order valence-corrected chi connectivity index (χ3v) is 3.83. The molecule has 0 aromatic heterocycles. The van der Waals surface area contributed by atoms with Crippen LogP contribution < -0.4 is 0 Å². The Morgan fingerprint density at radius 2 is 1.59 bits per heavy atom. The minimum atomic E-state index is -4.06. The Morgan fingerprint density at radius 1 is 1.09 bits per heavy atom. The fraction of sp³-hybridized carbons (Fsp3) is 0.643. The van der Waals surface area contributed by atoms with E-state index >= 15 is 0 Å². The molecule has 0 saturated carbocycles. The maximum atomic E-state index is 11.4. The van der Waals surface area contributed by atoms with E-state index in [-0.39, 0.29) is 13.1 Å². The zero-order chi connectivity index (χ0) is 16.9. The van der Waals surface area contributed by atoms with E-state index < -0.39 is 19.4 Å². The van der Waals surface area contributed by atoms with Crippen LogP contribution in [-0.4, -0.2) is 50.7 Å². The highest BCUT2D eigenvalue weighted by Gasteiger charge is 2.31. The molecule has 1 N–H and O–H groups in total. The number of hydrogen-bond acceptors (Lipinski definition) is 6. The number of carbonyl (C=O) groups excluding carboxylic acids is 1. The summed E-state index contributed by atoms with van der Waals surface area (Å²) < 4.78 is 31.7. The van der Waals surface area contributed by atoms with Crippen molar-refractivity contribution in [1.82, 2.24) is 0 Å². The number of ether oxygens (including phenoxy) is 3. The average molecular weight is 336 g/mol. The topological polar surface area (TPSA) is 91.3 Å². The number of rotatable bonds is 15. The van der Waals surface area contributed by atoms with Gasteiger partial charge >= 0.3 is 7.60 Å². The first-order valence-electron chi connectivity index (χ1n) is 6.84. The lowest BCUT2D eigenvalue weighted by atomic mass is 9.88. The smallest absolute Gasteiger partial charge is 0.393 e. The van der Waals surface area contributed by atoms with Crippen LogP contribution in [0.3, 0.4) is 0 Å². The van der Waals surface area contributed by atoms with Gasteiger partial charge < -0.3 is 23.6 Å². The molecule has 0 fully saturated rings. The van der Waals surface area contributed by atoms with Crippen molar-refractivity contribution < 1.29 is 33.0 Å². The molecule has 0 aromatic rings. The predicted octanol–water partition coefficient (Wildman–Crippen LogP) is 2.12. The standard InChI is InChI=1S/C14H25O7P/c1-4-7-18-9-14(6-3,10-19-8-5-2)11-20-13-22(16,17)21-12-15/h4-5,12H,1-2,6-11,13H2,3H3,(H,16,17). The van der Waals surface area contributed by atoms with E-state index in [2.05, 4.69) is 17.7 Å². The van der Waals surface area contributed by atoms with Gasteiger partial charge in [-0.05, 0) is 6.42 Å². The third-order valence-electron chi connectivity index (χ3n) is 2.91. The molecule has 0 aliphatic carbocycles. The number of hydrogen-bond donors (Lipinski definition) is 1. The van der Waals surface area contributed by atoms with Gasteiger partial charge in [-0.15, -0.1) is 13.2 Å². The van der Waals surface area contributed by atoms with Crippen molar-refractivity contribution in [2.24, 2.45) is 5.41 Å². The summed E-state index contributed by atoms with van der Waals surface area (Å²) in [4.78, 5) is 19.4. The van der Waals surface area contributed by atoms with Gasteiger partial charge in [-0.3, -0.25) is 4.79 Å². The van der Waals surface area contributed by atoms with Crippen LogP contribution in [0.2, 0.25) is 0 Å². The van der Waals surface area contributed by atoms with Gasteiger partial charge in [0.25, 0.3) is 6.47 Å². The third kappa shape index (κ3) is 9.12. The lowest BCUT2D eigenvalue weighted by Gasteiger charge is -2.32. The Hall–Kier alpha value is -0.980. The van der Waals surface area contributed by atoms with E-state index in [0.29, 0.717) is 32.8 Å². The van der Waals surface area contributed by atoms with Gasteiger partial charge in [-0.25, -0.2) is 4.57 Å². The van der Waals surface area contributed by atoms with Crippen LogP contribution in [-0.2, 0) is 28.1 Å². The second kappa shape index (κ2) is 11.6. The van der Waals surface area contributed by atoms with Gasteiger partial charge in [0, 0.05) is 5.41 Å². The molecule has 0 aliphatic heterocycles. The van der Waals surface area contributed by atoms with Gasteiger partial charge in [0.2, 0.25) is 0 Å². The van der Waals surface area contributed by atoms with Crippen molar-refractivity contribution in [3.05, 3.63) is 25.3 Å². The highest BCUT2D eigenvalue weighted by molar-refractivity contribution is 7.53. The highest BCUT2D eigenvalue weighted by Crippen LogP contribution is 2.41. The molecule has 0 aliphatic rings. The van der Waals surface area contributed by atoms with E-state index in [0.717, 1.165) is 0 Å². The summed E-state index contributed by atoms with van der Waals surface area (Å²) in [5, 5.41) is 0. The Labute approximate surface area is 131 Å². The fourth-order valence-electron chi connectivity index (χ4n) is 1.62. The van der Waals surface area contributed by atoms with Gasteiger partial charge in [0.15, 0.2) is 6.35 Å². The molecule has 0 aromatic carbocycles. The molecular weight excluding hydrogens is 311 g/mol. The van der Waals surface area contributed by atoms with Crippen LogP contribution in [0.15, 0.2) is 25.3 Å². The lowest BCUT2D eigenvalue weighted by molar-refractivity contribution is -0.121. The fourth-order valence-corrected chi connectivity index (χ4v) is 2.14. The molecule has 0 bridgehead atoms. The first-order valence-corrected chi connectivity index (χ1v) is 8.60. The average Bonchev–Trinajstić information content (AvgIpc) is 2.47. The maximum absolute atomic E-state index is 11.4. The lowest BCUT2D eigenvalue weighted by Crippen LogP contribution is -2.37. The van der Waals surface area contributed by atoms with E-state index in [1.165, 1.54) is 0 Å². The van der Waals surface area contributed by atoms with E-state index in [1.807, 2.05) is 6.92 Å². The molecule has 1 unspecified atom stereocenters. The Bertz CT molecular complexity index is 369. The molecule has 22 heavy (non-hydrogen) atoms. The molecule has 0 saturated heterocycles. The van der Waals surface area contributed by atoms with Crippen LogP contribution in [0, 0.1) is 5.41 Å². The first-order chi connectivity index (χ1) is 10.4. The van der Waals surface area contributed by atoms with E-state index in [4.69, 9.17) is 14.2 Å². The zero-order valence-electron chi connectivity index (χ0n) is 12.9. The SMILES string of the molecule is C=CCOCC(CC)(COCC=C)COCP(=O)(O)OC=O. The molecule has 128 valence electrons. The molecule has 0 amide bonds. The molecule has 0 radical (unpaired) electrons. The van der Waals surface area contributed by atoms with Crippen molar-refractivity contribution in [2.75, 3.05) is 39.4 Å². The highest BCUT2D eigenvalue weighted by atomic mass is 31.2. The van der Waals surface area contributed by atoms with Crippen LogP contribution in [0.25, 0.3) is 0 Å². The van der Waals surface area contributed by atoms with Gasteiger partial charge in [0.05, 0.1) is 33.0 Å². The zero-order valence-corrected chi connectivity index (χ0v) is 13.8.